The van der Waals surface area contributed by atoms with Gasteiger partial charge in [0.05, 0.1) is 6.10 Å². The fourth-order valence-corrected chi connectivity index (χ4v) is 3.52. The van der Waals surface area contributed by atoms with Gasteiger partial charge in [-0.25, -0.2) is 0 Å². The summed E-state index contributed by atoms with van der Waals surface area (Å²) in [5.74, 6) is 0.493. The minimum Gasteiger partial charge on any atom is -0.392 e. The first-order valence-electron chi connectivity index (χ1n) is 7.62. The summed E-state index contributed by atoms with van der Waals surface area (Å²) in [6.45, 7) is 2.19. The van der Waals surface area contributed by atoms with Gasteiger partial charge in [-0.15, -0.1) is 0 Å². The van der Waals surface area contributed by atoms with Crippen molar-refractivity contribution in [3.8, 4) is 0 Å². The van der Waals surface area contributed by atoms with Gasteiger partial charge in [0.1, 0.15) is 0 Å². The first-order chi connectivity index (χ1) is 9.81. The second-order valence-corrected chi connectivity index (χ2v) is 5.78. The topological polar surface area (TPSA) is 20.2 Å². The van der Waals surface area contributed by atoms with Crippen molar-refractivity contribution in [2.45, 2.75) is 38.2 Å². The number of aryl methyl sites for hydroxylation is 1. The van der Waals surface area contributed by atoms with E-state index in [-0.39, 0.29) is 12.0 Å². The quantitative estimate of drug-likeness (QED) is 0.810. The van der Waals surface area contributed by atoms with E-state index in [2.05, 4.69) is 55.5 Å². The summed E-state index contributed by atoms with van der Waals surface area (Å²) in [6, 6.07) is 19.1. The molecule has 1 aliphatic rings. The zero-order valence-corrected chi connectivity index (χ0v) is 12.0. The van der Waals surface area contributed by atoms with E-state index in [0.29, 0.717) is 5.92 Å². The molecule has 0 heterocycles. The largest absolute Gasteiger partial charge is 0.392 e. The van der Waals surface area contributed by atoms with E-state index in [1.807, 2.05) is 6.07 Å². The molecule has 0 amide bonds. The third kappa shape index (κ3) is 2.38. The van der Waals surface area contributed by atoms with E-state index in [4.69, 9.17) is 0 Å². The van der Waals surface area contributed by atoms with E-state index in [9.17, 15) is 5.11 Å². The Hall–Kier alpha value is -1.60. The summed E-state index contributed by atoms with van der Waals surface area (Å²) in [5, 5.41) is 10.9. The molecule has 0 saturated heterocycles. The van der Waals surface area contributed by atoms with Crippen LogP contribution < -0.4 is 0 Å². The maximum absolute atomic E-state index is 10.9. The average molecular weight is 266 g/mol. The molecule has 0 bridgehead atoms. The molecule has 20 heavy (non-hydrogen) atoms. The highest BCUT2D eigenvalue weighted by molar-refractivity contribution is 5.40. The van der Waals surface area contributed by atoms with Crippen LogP contribution in [-0.4, -0.2) is 11.2 Å². The van der Waals surface area contributed by atoms with Crippen LogP contribution in [0.1, 0.15) is 42.4 Å². The number of rotatable bonds is 2. The lowest BCUT2D eigenvalue weighted by Gasteiger charge is -2.28. The Kier molecular flexibility index (Phi) is 3.88. The second kappa shape index (κ2) is 5.80. The van der Waals surface area contributed by atoms with Crippen molar-refractivity contribution in [1.82, 2.24) is 0 Å². The van der Waals surface area contributed by atoms with Crippen LogP contribution in [0.2, 0.25) is 0 Å². The molecule has 1 N–H and O–H groups in total. The van der Waals surface area contributed by atoms with Crippen LogP contribution in [0.25, 0.3) is 0 Å². The maximum Gasteiger partial charge on any atom is 0.0677 e. The number of hydrogen-bond donors (Lipinski definition) is 1. The fraction of sp³-hybridized carbons (Fsp3) is 0.368. The molecular weight excluding hydrogens is 244 g/mol. The van der Waals surface area contributed by atoms with Crippen LogP contribution in [-0.2, 0) is 6.42 Å². The summed E-state index contributed by atoms with van der Waals surface area (Å²) < 4.78 is 0. The molecule has 0 spiro atoms. The van der Waals surface area contributed by atoms with Gasteiger partial charge >= 0.3 is 0 Å². The molecular formula is C19H22O. The van der Waals surface area contributed by atoms with Crippen LogP contribution in [0.3, 0.4) is 0 Å². The van der Waals surface area contributed by atoms with Crippen LogP contribution in [0.4, 0.5) is 0 Å². The molecule has 1 aliphatic carbocycles. The lowest BCUT2D eigenvalue weighted by molar-refractivity contribution is 0.0886. The summed E-state index contributed by atoms with van der Waals surface area (Å²) >= 11 is 0. The van der Waals surface area contributed by atoms with Crippen molar-refractivity contribution >= 4 is 0 Å². The van der Waals surface area contributed by atoms with E-state index >= 15 is 0 Å². The molecule has 0 unspecified atom stereocenters. The van der Waals surface area contributed by atoms with Crippen LogP contribution in [0, 0.1) is 5.92 Å². The monoisotopic (exact) mass is 266 g/mol. The highest BCUT2D eigenvalue weighted by atomic mass is 16.3. The minimum atomic E-state index is -0.286. The summed E-state index contributed by atoms with van der Waals surface area (Å²) in [7, 11) is 0. The lowest BCUT2D eigenvalue weighted by Crippen LogP contribution is -2.27. The van der Waals surface area contributed by atoms with Crippen molar-refractivity contribution in [2.75, 3.05) is 0 Å². The maximum atomic E-state index is 10.9. The Morgan fingerprint density at radius 2 is 1.70 bits per heavy atom. The predicted octanol–water partition coefficient (Wildman–Crippen LogP) is 4.15. The Bertz CT molecular complexity index is 561. The van der Waals surface area contributed by atoms with Gasteiger partial charge < -0.3 is 5.11 Å². The van der Waals surface area contributed by atoms with Gasteiger partial charge in [-0.05, 0) is 35.4 Å². The van der Waals surface area contributed by atoms with Crippen molar-refractivity contribution in [3.05, 3.63) is 71.3 Å². The van der Waals surface area contributed by atoms with Gasteiger partial charge in [0.2, 0.25) is 0 Å². The van der Waals surface area contributed by atoms with Crippen molar-refractivity contribution < 1.29 is 5.11 Å². The summed E-state index contributed by atoms with van der Waals surface area (Å²) in [4.78, 5) is 0. The number of aliphatic hydroxyl groups is 1. The third-order valence-electron chi connectivity index (χ3n) is 4.68. The molecule has 1 nitrogen and oxygen atoms in total. The first kappa shape index (κ1) is 13.4. The van der Waals surface area contributed by atoms with Gasteiger partial charge in [0, 0.05) is 5.92 Å². The van der Waals surface area contributed by atoms with E-state index in [1.54, 1.807) is 0 Å². The van der Waals surface area contributed by atoms with Gasteiger partial charge in [-0.3, -0.25) is 0 Å². The fourth-order valence-electron chi connectivity index (χ4n) is 3.52. The molecule has 2 aromatic carbocycles. The standard InChI is InChI=1S/C19H22O/c1-2-14-12-13-15-8-6-7-11-17(15)18(19(14)20)16-9-4-3-5-10-16/h3-11,14,18-20H,2,12-13H2,1H3/t14-,18-,19+/m1/s1. The normalized spacial score (nSPS) is 25.8. The molecule has 3 atom stereocenters. The Morgan fingerprint density at radius 1 is 1.00 bits per heavy atom. The van der Waals surface area contributed by atoms with E-state index < -0.39 is 0 Å². The molecule has 0 aliphatic heterocycles. The lowest BCUT2D eigenvalue weighted by atomic mass is 9.81. The van der Waals surface area contributed by atoms with Crippen molar-refractivity contribution in [3.63, 3.8) is 0 Å². The zero-order chi connectivity index (χ0) is 13.9. The molecule has 104 valence electrons. The molecule has 1 heteroatoms. The van der Waals surface area contributed by atoms with Gasteiger partial charge in [-0.2, -0.15) is 0 Å². The minimum absolute atomic E-state index is 0.111. The van der Waals surface area contributed by atoms with Gasteiger partial charge in [0.25, 0.3) is 0 Å². The Labute approximate surface area is 121 Å². The van der Waals surface area contributed by atoms with Crippen LogP contribution in [0.5, 0.6) is 0 Å². The van der Waals surface area contributed by atoms with Gasteiger partial charge in [-0.1, -0.05) is 67.9 Å². The average Bonchev–Trinajstić information content (AvgIpc) is 2.64. The second-order valence-electron chi connectivity index (χ2n) is 5.78. The number of fused-ring (bicyclic) bond motifs is 1. The highest BCUT2D eigenvalue weighted by Gasteiger charge is 2.33. The van der Waals surface area contributed by atoms with E-state index in [1.165, 1.54) is 16.7 Å². The molecule has 0 aromatic heterocycles. The van der Waals surface area contributed by atoms with Crippen molar-refractivity contribution in [2.24, 2.45) is 5.92 Å². The molecule has 0 radical (unpaired) electrons. The zero-order valence-electron chi connectivity index (χ0n) is 12.0. The Morgan fingerprint density at radius 3 is 2.45 bits per heavy atom. The van der Waals surface area contributed by atoms with Gasteiger partial charge in [0.15, 0.2) is 0 Å². The third-order valence-corrected chi connectivity index (χ3v) is 4.68. The highest BCUT2D eigenvalue weighted by Crippen LogP contribution is 2.39. The summed E-state index contributed by atoms with van der Waals surface area (Å²) in [6.07, 6.45) is 2.91. The first-order valence-corrected chi connectivity index (χ1v) is 7.62. The molecule has 0 fully saturated rings. The smallest absolute Gasteiger partial charge is 0.0677 e. The van der Waals surface area contributed by atoms with Crippen molar-refractivity contribution in [1.29, 1.82) is 0 Å². The molecule has 2 aromatic rings. The SMILES string of the molecule is CC[C@@H]1CCc2ccccc2[C@@H](c2ccccc2)[C@H]1O. The predicted molar refractivity (Wildman–Crippen MR) is 82.8 cm³/mol. The summed E-state index contributed by atoms with van der Waals surface area (Å²) in [5.41, 5.74) is 3.94. The van der Waals surface area contributed by atoms with Crippen LogP contribution in [0.15, 0.2) is 54.6 Å². The van der Waals surface area contributed by atoms with Crippen LogP contribution >= 0.6 is 0 Å². The molecule has 3 rings (SSSR count). The number of benzene rings is 2. The van der Waals surface area contributed by atoms with E-state index in [0.717, 1.165) is 19.3 Å². The number of hydrogen-bond acceptors (Lipinski definition) is 1. The number of aliphatic hydroxyl groups excluding tert-OH is 1. The Balaban J connectivity index is 2.11. The molecule has 0 saturated carbocycles.